The number of pyridine rings is 1. The molecule has 0 aliphatic carbocycles. The van der Waals surface area contributed by atoms with Gasteiger partial charge in [0.2, 0.25) is 0 Å². The van der Waals surface area contributed by atoms with Crippen LogP contribution in [0.1, 0.15) is 0 Å². The molecule has 1 heterocycles. The Hall–Kier alpha value is -1.41. The number of benzene rings is 1. The Labute approximate surface area is 146 Å². The maximum atomic E-state index is 12.2. The molecule has 0 radical (unpaired) electrons. The van der Waals surface area contributed by atoms with Crippen LogP contribution in [0.5, 0.6) is 0 Å². The van der Waals surface area contributed by atoms with Crippen LogP contribution in [-0.4, -0.2) is 20.4 Å². The SMILES string of the molecule is CNc1cc(NS(=O)(=O)c2ccc(N)cc2)cc(Cl)n1.Cl.Cl. The van der Waals surface area contributed by atoms with Crippen molar-refractivity contribution in [2.24, 2.45) is 0 Å². The molecule has 0 aliphatic heterocycles. The number of nitrogens with one attached hydrogen (secondary N) is 2. The first-order valence-electron chi connectivity index (χ1n) is 5.64. The van der Waals surface area contributed by atoms with E-state index < -0.39 is 10.0 Å². The summed E-state index contributed by atoms with van der Waals surface area (Å²) >= 11 is 5.82. The zero-order valence-electron chi connectivity index (χ0n) is 11.4. The van der Waals surface area contributed by atoms with Gasteiger partial charge < -0.3 is 11.1 Å². The van der Waals surface area contributed by atoms with E-state index in [0.29, 0.717) is 17.2 Å². The average Bonchev–Trinajstić information content (AvgIpc) is 2.37. The van der Waals surface area contributed by atoms with E-state index in [-0.39, 0.29) is 34.9 Å². The lowest BCUT2D eigenvalue weighted by molar-refractivity contribution is 0.601. The molecule has 122 valence electrons. The first kappa shape index (κ1) is 20.6. The summed E-state index contributed by atoms with van der Waals surface area (Å²) in [4.78, 5) is 4.09. The zero-order valence-corrected chi connectivity index (χ0v) is 14.6. The molecule has 1 aromatic carbocycles. The van der Waals surface area contributed by atoms with E-state index in [4.69, 9.17) is 17.3 Å². The van der Waals surface area contributed by atoms with Crippen LogP contribution in [0, 0.1) is 0 Å². The zero-order chi connectivity index (χ0) is 14.8. The summed E-state index contributed by atoms with van der Waals surface area (Å²) < 4.78 is 26.8. The van der Waals surface area contributed by atoms with Gasteiger partial charge in [-0.3, -0.25) is 4.72 Å². The van der Waals surface area contributed by atoms with Crippen molar-refractivity contribution < 1.29 is 8.42 Å². The van der Waals surface area contributed by atoms with E-state index in [0.717, 1.165) is 0 Å². The Morgan fingerprint density at radius 2 is 1.73 bits per heavy atom. The van der Waals surface area contributed by atoms with Crippen molar-refractivity contribution in [3.63, 3.8) is 0 Å². The molecule has 0 atom stereocenters. The Morgan fingerprint density at radius 3 is 2.27 bits per heavy atom. The van der Waals surface area contributed by atoms with Gasteiger partial charge in [-0.25, -0.2) is 13.4 Å². The Kier molecular flexibility index (Phi) is 7.75. The molecule has 0 spiro atoms. The van der Waals surface area contributed by atoms with Gasteiger partial charge in [0.25, 0.3) is 10.0 Å². The van der Waals surface area contributed by atoms with E-state index >= 15 is 0 Å². The molecule has 2 rings (SSSR count). The first-order valence-corrected chi connectivity index (χ1v) is 7.50. The van der Waals surface area contributed by atoms with E-state index in [2.05, 4.69) is 15.0 Å². The van der Waals surface area contributed by atoms with Gasteiger partial charge in [0.15, 0.2) is 0 Å². The van der Waals surface area contributed by atoms with Crippen molar-refractivity contribution in [3.05, 3.63) is 41.6 Å². The fourth-order valence-corrected chi connectivity index (χ4v) is 2.79. The number of halogens is 3. The van der Waals surface area contributed by atoms with Crippen molar-refractivity contribution in [2.45, 2.75) is 4.90 Å². The molecule has 10 heteroatoms. The normalized spacial score (nSPS) is 10.1. The topological polar surface area (TPSA) is 97.1 Å². The van der Waals surface area contributed by atoms with Gasteiger partial charge in [-0.15, -0.1) is 24.8 Å². The van der Waals surface area contributed by atoms with Crippen molar-refractivity contribution in [1.29, 1.82) is 0 Å². The van der Waals surface area contributed by atoms with Crippen LogP contribution in [-0.2, 0) is 10.0 Å². The molecule has 22 heavy (non-hydrogen) atoms. The Balaban J connectivity index is 0.00000220. The molecule has 0 bridgehead atoms. The number of aromatic nitrogens is 1. The fraction of sp³-hybridized carbons (Fsp3) is 0.0833. The molecule has 6 nitrogen and oxygen atoms in total. The van der Waals surface area contributed by atoms with Gasteiger partial charge in [-0.1, -0.05) is 11.6 Å². The summed E-state index contributed by atoms with van der Waals surface area (Å²) in [6.45, 7) is 0. The van der Waals surface area contributed by atoms with Crippen molar-refractivity contribution in [1.82, 2.24) is 4.98 Å². The first-order chi connectivity index (χ1) is 9.40. The molecule has 0 fully saturated rings. The van der Waals surface area contributed by atoms with E-state index in [9.17, 15) is 8.42 Å². The molecule has 0 unspecified atom stereocenters. The summed E-state index contributed by atoms with van der Waals surface area (Å²) in [7, 11) is -2.03. The van der Waals surface area contributed by atoms with Gasteiger partial charge in [0.05, 0.1) is 10.6 Å². The lowest BCUT2D eigenvalue weighted by Crippen LogP contribution is -2.13. The van der Waals surface area contributed by atoms with Crippen LogP contribution in [0.25, 0.3) is 0 Å². The second-order valence-electron chi connectivity index (χ2n) is 3.99. The molecule has 0 amide bonds. The van der Waals surface area contributed by atoms with Crippen molar-refractivity contribution in [3.8, 4) is 0 Å². The van der Waals surface area contributed by atoms with Gasteiger partial charge in [0, 0.05) is 18.8 Å². The predicted octanol–water partition coefficient (Wildman–Crippen LogP) is 3.00. The molecular formula is C12H15Cl3N4O2S. The lowest BCUT2D eigenvalue weighted by Gasteiger charge is -2.10. The molecule has 1 aromatic heterocycles. The standard InChI is InChI=1S/C12H13ClN4O2S.2ClH/c1-15-12-7-9(6-11(13)16-12)17-20(18,19)10-4-2-8(14)3-5-10;;/h2-7H,14H2,1H3,(H2,15,16,17);2*1H. The average molecular weight is 386 g/mol. The third-order valence-electron chi connectivity index (χ3n) is 2.49. The quantitative estimate of drug-likeness (QED) is 0.555. The lowest BCUT2D eigenvalue weighted by atomic mass is 10.3. The fourth-order valence-electron chi connectivity index (χ4n) is 1.54. The number of anilines is 3. The minimum atomic E-state index is -3.69. The van der Waals surface area contributed by atoms with Crippen LogP contribution in [0.2, 0.25) is 5.15 Å². The number of nitrogens with two attached hydrogens (primary N) is 1. The highest BCUT2D eigenvalue weighted by Crippen LogP contribution is 2.22. The number of sulfonamides is 1. The van der Waals surface area contributed by atoms with Gasteiger partial charge in [-0.2, -0.15) is 0 Å². The van der Waals surface area contributed by atoms with Crippen molar-refractivity contribution >= 4 is 63.6 Å². The largest absolute Gasteiger partial charge is 0.399 e. The molecule has 0 saturated heterocycles. The van der Waals surface area contributed by atoms with E-state index in [1.165, 1.54) is 30.3 Å². The van der Waals surface area contributed by atoms with Gasteiger partial charge in [-0.05, 0) is 30.3 Å². The summed E-state index contributed by atoms with van der Waals surface area (Å²) in [5.74, 6) is 0.465. The second kappa shape index (κ2) is 8.28. The third kappa shape index (κ3) is 5.10. The highest BCUT2D eigenvalue weighted by molar-refractivity contribution is 7.92. The Morgan fingerprint density at radius 1 is 1.14 bits per heavy atom. The summed E-state index contributed by atoms with van der Waals surface area (Å²) in [5, 5.41) is 2.98. The van der Waals surface area contributed by atoms with Gasteiger partial charge >= 0.3 is 0 Å². The number of hydrogen-bond donors (Lipinski definition) is 3. The maximum Gasteiger partial charge on any atom is 0.261 e. The van der Waals surface area contributed by atoms with Gasteiger partial charge in [0.1, 0.15) is 11.0 Å². The van der Waals surface area contributed by atoms with Crippen LogP contribution in [0.4, 0.5) is 17.2 Å². The maximum absolute atomic E-state index is 12.2. The van der Waals surface area contributed by atoms with Crippen LogP contribution < -0.4 is 15.8 Å². The summed E-state index contributed by atoms with van der Waals surface area (Å²) in [6, 6.07) is 8.87. The smallest absolute Gasteiger partial charge is 0.261 e. The minimum Gasteiger partial charge on any atom is -0.399 e. The van der Waals surface area contributed by atoms with Crippen LogP contribution in [0.15, 0.2) is 41.3 Å². The van der Waals surface area contributed by atoms with E-state index in [1.54, 1.807) is 13.1 Å². The number of nitrogen functional groups attached to an aromatic ring is 1. The molecule has 0 saturated carbocycles. The predicted molar refractivity (Wildman–Crippen MR) is 95.0 cm³/mol. The van der Waals surface area contributed by atoms with E-state index in [1.807, 2.05) is 0 Å². The number of rotatable bonds is 4. The van der Waals surface area contributed by atoms with Crippen LogP contribution >= 0.6 is 36.4 Å². The molecule has 4 N–H and O–H groups in total. The minimum absolute atomic E-state index is 0. The third-order valence-corrected chi connectivity index (χ3v) is 4.08. The van der Waals surface area contributed by atoms with Crippen molar-refractivity contribution in [2.75, 3.05) is 22.8 Å². The summed E-state index contributed by atoms with van der Waals surface area (Å²) in [6.07, 6.45) is 0. The number of hydrogen-bond acceptors (Lipinski definition) is 5. The second-order valence-corrected chi connectivity index (χ2v) is 6.06. The number of nitrogens with zero attached hydrogens (tertiary/aromatic N) is 1. The monoisotopic (exact) mass is 384 g/mol. The highest BCUT2D eigenvalue weighted by Gasteiger charge is 2.14. The Bertz CT molecular complexity index is 724. The molecular weight excluding hydrogens is 371 g/mol. The van der Waals surface area contributed by atoms with Crippen LogP contribution in [0.3, 0.4) is 0 Å². The molecule has 2 aromatic rings. The highest BCUT2D eigenvalue weighted by atomic mass is 35.5. The summed E-state index contributed by atoms with van der Waals surface area (Å²) in [5.41, 5.74) is 6.35. The molecule has 0 aliphatic rings.